The first kappa shape index (κ1) is 13.1. The van der Waals surface area contributed by atoms with Crippen LogP contribution in [0.25, 0.3) is 0 Å². The monoisotopic (exact) mass is 259 g/mol. The SMILES string of the molecule is Cc1ccc(C(=O)O)c(NCCCn2cccn2)c1. The third-order valence-corrected chi connectivity index (χ3v) is 2.84. The van der Waals surface area contributed by atoms with Gasteiger partial charge >= 0.3 is 5.97 Å². The summed E-state index contributed by atoms with van der Waals surface area (Å²) in [5.74, 6) is -0.908. The lowest BCUT2D eigenvalue weighted by Gasteiger charge is -2.10. The largest absolute Gasteiger partial charge is 0.478 e. The van der Waals surface area contributed by atoms with E-state index in [0.717, 1.165) is 18.5 Å². The number of rotatable bonds is 6. The maximum Gasteiger partial charge on any atom is 0.337 e. The Balaban J connectivity index is 1.91. The molecule has 0 radical (unpaired) electrons. The van der Waals surface area contributed by atoms with Crippen LogP contribution in [0.5, 0.6) is 0 Å². The highest BCUT2D eigenvalue weighted by molar-refractivity contribution is 5.94. The van der Waals surface area contributed by atoms with Gasteiger partial charge in [-0.2, -0.15) is 5.10 Å². The second kappa shape index (κ2) is 6.04. The van der Waals surface area contributed by atoms with E-state index in [-0.39, 0.29) is 0 Å². The van der Waals surface area contributed by atoms with Gasteiger partial charge in [-0.15, -0.1) is 0 Å². The van der Waals surface area contributed by atoms with Gasteiger partial charge in [0, 0.05) is 31.2 Å². The fourth-order valence-electron chi connectivity index (χ4n) is 1.89. The zero-order chi connectivity index (χ0) is 13.7. The number of carbonyl (C=O) groups is 1. The Hall–Kier alpha value is -2.30. The Bertz CT molecular complexity index is 550. The summed E-state index contributed by atoms with van der Waals surface area (Å²) < 4.78 is 1.86. The van der Waals surface area contributed by atoms with Gasteiger partial charge in [-0.1, -0.05) is 6.07 Å². The molecule has 5 heteroatoms. The summed E-state index contributed by atoms with van der Waals surface area (Å²) in [5.41, 5.74) is 2.03. The summed E-state index contributed by atoms with van der Waals surface area (Å²) in [6.07, 6.45) is 4.54. The van der Waals surface area contributed by atoms with Crippen LogP contribution in [-0.4, -0.2) is 27.4 Å². The first-order valence-corrected chi connectivity index (χ1v) is 6.22. The lowest BCUT2D eigenvalue weighted by Crippen LogP contribution is -2.10. The van der Waals surface area contributed by atoms with Gasteiger partial charge in [-0.05, 0) is 37.1 Å². The zero-order valence-corrected chi connectivity index (χ0v) is 10.8. The minimum atomic E-state index is -0.908. The molecule has 2 aromatic rings. The summed E-state index contributed by atoms with van der Waals surface area (Å²) in [5, 5.41) is 16.4. The predicted molar refractivity (Wildman–Crippen MR) is 73.5 cm³/mol. The standard InChI is InChI=1S/C14H17N3O2/c1-11-4-5-12(14(18)19)13(10-11)15-6-2-8-17-9-3-7-16-17/h3-5,7,9-10,15H,2,6,8H2,1H3,(H,18,19). The molecule has 19 heavy (non-hydrogen) atoms. The van der Waals surface area contributed by atoms with Crippen LogP contribution in [0.2, 0.25) is 0 Å². The number of nitrogens with one attached hydrogen (secondary N) is 1. The van der Waals surface area contributed by atoms with Crippen molar-refractivity contribution in [2.45, 2.75) is 19.9 Å². The van der Waals surface area contributed by atoms with Gasteiger partial charge in [0.2, 0.25) is 0 Å². The lowest BCUT2D eigenvalue weighted by molar-refractivity contribution is 0.0698. The Morgan fingerprint density at radius 2 is 2.32 bits per heavy atom. The van der Waals surface area contributed by atoms with Crippen molar-refractivity contribution >= 4 is 11.7 Å². The fourth-order valence-corrected chi connectivity index (χ4v) is 1.89. The van der Waals surface area contributed by atoms with Crippen molar-refractivity contribution in [3.63, 3.8) is 0 Å². The first-order chi connectivity index (χ1) is 9.16. The molecule has 0 fully saturated rings. The van der Waals surface area contributed by atoms with E-state index in [1.165, 1.54) is 0 Å². The number of hydrogen-bond acceptors (Lipinski definition) is 3. The number of hydrogen-bond donors (Lipinski definition) is 2. The van der Waals surface area contributed by atoms with Gasteiger partial charge in [0.05, 0.1) is 5.56 Å². The second-order valence-electron chi connectivity index (χ2n) is 4.40. The molecule has 1 heterocycles. The first-order valence-electron chi connectivity index (χ1n) is 6.22. The van der Waals surface area contributed by atoms with Crippen molar-refractivity contribution in [3.05, 3.63) is 47.8 Å². The molecule has 0 unspecified atom stereocenters. The van der Waals surface area contributed by atoms with E-state index in [2.05, 4.69) is 10.4 Å². The molecule has 0 saturated heterocycles. The van der Waals surface area contributed by atoms with Crippen LogP contribution < -0.4 is 5.32 Å². The van der Waals surface area contributed by atoms with E-state index >= 15 is 0 Å². The minimum absolute atomic E-state index is 0.310. The number of aromatic nitrogens is 2. The highest BCUT2D eigenvalue weighted by Gasteiger charge is 2.09. The molecule has 0 saturated carbocycles. The van der Waals surface area contributed by atoms with E-state index < -0.39 is 5.97 Å². The van der Waals surface area contributed by atoms with E-state index in [9.17, 15) is 4.79 Å². The molecule has 0 aliphatic carbocycles. The molecule has 5 nitrogen and oxygen atoms in total. The Morgan fingerprint density at radius 3 is 3.00 bits per heavy atom. The van der Waals surface area contributed by atoms with Gasteiger partial charge in [0.1, 0.15) is 0 Å². The third kappa shape index (κ3) is 3.58. The molecular weight excluding hydrogens is 242 g/mol. The van der Waals surface area contributed by atoms with Crippen molar-refractivity contribution in [2.24, 2.45) is 0 Å². The summed E-state index contributed by atoms with van der Waals surface area (Å²) in [4.78, 5) is 11.1. The number of carboxylic acid groups (broad SMARTS) is 1. The molecule has 0 aliphatic rings. The van der Waals surface area contributed by atoms with E-state index in [1.807, 2.05) is 29.9 Å². The molecule has 2 rings (SSSR count). The van der Waals surface area contributed by atoms with Crippen molar-refractivity contribution in [2.75, 3.05) is 11.9 Å². The van der Waals surface area contributed by atoms with E-state index in [4.69, 9.17) is 5.11 Å². The number of aromatic carboxylic acids is 1. The maximum atomic E-state index is 11.1. The van der Waals surface area contributed by atoms with Gasteiger partial charge in [0.15, 0.2) is 0 Å². The average molecular weight is 259 g/mol. The van der Waals surface area contributed by atoms with Gasteiger partial charge in [0.25, 0.3) is 0 Å². The molecule has 2 N–H and O–H groups in total. The smallest absolute Gasteiger partial charge is 0.337 e. The van der Waals surface area contributed by atoms with Crippen LogP contribution in [0.1, 0.15) is 22.3 Å². The number of aryl methyl sites for hydroxylation is 2. The van der Waals surface area contributed by atoms with E-state index in [0.29, 0.717) is 17.8 Å². The van der Waals surface area contributed by atoms with Gasteiger partial charge in [-0.25, -0.2) is 4.79 Å². The molecule has 100 valence electrons. The topological polar surface area (TPSA) is 67.2 Å². The molecule has 1 aromatic heterocycles. The van der Waals surface area contributed by atoms with Crippen LogP contribution in [-0.2, 0) is 6.54 Å². The molecule has 0 amide bonds. The number of nitrogens with zero attached hydrogens (tertiary/aromatic N) is 2. The van der Waals surface area contributed by atoms with Crippen molar-refractivity contribution in [3.8, 4) is 0 Å². The lowest BCUT2D eigenvalue weighted by atomic mass is 10.1. The highest BCUT2D eigenvalue weighted by atomic mass is 16.4. The third-order valence-electron chi connectivity index (χ3n) is 2.84. The zero-order valence-electron chi connectivity index (χ0n) is 10.8. The number of anilines is 1. The quantitative estimate of drug-likeness (QED) is 0.782. The Labute approximate surface area is 111 Å². The normalized spacial score (nSPS) is 10.4. The molecular formula is C14H17N3O2. The predicted octanol–water partition coefficient (Wildman–Crippen LogP) is 2.39. The molecule has 1 aromatic carbocycles. The van der Waals surface area contributed by atoms with Crippen LogP contribution in [0, 0.1) is 6.92 Å². The summed E-state index contributed by atoms with van der Waals surface area (Å²) in [6, 6.07) is 7.18. The van der Waals surface area contributed by atoms with Crippen LogP contribution in [0.3, 0.4) is 0 Å². The number of carboxylic acids is 1. The fraction of sp³-hybridized carbons (Fsp3) is 0.286. The van der Waals surface area contributed by atoms with Crippen molar-refractivity contribution in [1.29, 1.82) is 0 Å². The average Bonchev–Trinajstić information content (AvgIpc) is 2.87. The summed E-state index contributed by atoms with van der Waals surface area (Å²) in [7, 11) is 0. The Kier molecular flexibility index (Phi) is 4.18. The summed E-state index contributed by atoms with van der Waals surface area (Å²) >= 11 is 0. The molecule has 0 bridgehead atoms. The molecule has 0 aliphatic heterocycles. The minimum Gasteiger partial charge on any atom is -0.478 e. The van der Waals surface area contributed by atoms with Gasteiger partial charge in [-0.3, -0.25) is 4.68 Å². The van der Waals surface area contributed by atoms with E-state index in [1.54, 1.807) is 18.3 Å². The second-order valence-corrected chi connectivity index (χ2v) is 4.40. The van der Waals surface area contributed by atoms with Crippen LogP contribution >= 0.6 is 0 Å². The van der Waals surface area contributed by atoms with Crippen LogP contribution in [0.15, 0.2) is 36.7 Å². The molecule has 0 atom stereocenters. The van der Waals surface area contributed by atoms with Gasteiger partial charge < -0.3 is 10.4 Å². The maximum absolute atomic E-state index is 11.1. The Morgan fingerprint density at radius 1 is 1.47 bits per heavy atom. The number of benzene rings is 1. The van der Waals surface area contributed by atoms with Crippen LogP contribution in [0.4, 0.5) is 5.69 Å². The van der Waals surface area contributed by atoms with Crippen molar-refractivity contribution < 1.29 is 9.90 Å². The molecule has 0 spiro atoms. The van der Waals surface area contributed by atoms with Crippen molar-refractivity contribution in [1.82, 2.24) is 9.78 Å². The highest BCUT2D eigenvalue weighted by Crippen LogP contribution is 2.17. The summed E-state index contributed by atoms with van der Waals surface area (Å²) in [6.45, 7) is 3.47.